The summed E-state index contributed by atoms with van der Waals surface area (Å²) in [5, 5.41) is 3.38. The summed E-state index contributed by atoms with van der Waals surface area (Å²) in [6.45, 7) is 4.86. The first-order chi connectivity index (χ1) is 8.81. The van der Waals surface area contributed by atoms with Crippen LogP contribution in [-0.2, 0) is 5.88 Å². The highest BCUT2D eigenvalue weighted by molar-refractivity contribution is 7.09. The van der Waals surface area contributed by atoms with Crippen molar-refractivity contribution in [2.45, 2.75) is 44.5 Å². The van der Waals surface area contributed by atoms with Gasteiger partial charge in [-0.2, -0.15) is 0 Å². The summed E-state index contributed by atoms with van der Waals surface area (Å²) >= 11 is 7.64. The smallest absolute Gasteiger partial charge is 0.110 e. The molecule has 2 aliphatic rings. The van der Waals surface area contributed by atoms with Gasteiger partial charge in [-0.15, -0.1) is 22.9 Å². The van der Waals surface area contributed by atoms with E-state index in [2.05, 4.69) is 22.2 Å². The highest BCUT2D eigenvalue weighted by Crippen LogP contribution is 2.42. The van der Waals surface area contributed by atoms with Gasteiger partial charge in [0.15, 0.2) is 0 Å². The van der Waals surface area contributed by atoms with Gasteiger partial charge in [0.25, 0.3) is 0 Å². The van der Waals surface area contributed by atoms with Crippen LogP contribution in [0.4, 0.5) is 0 Å². The predicted octanol–water partition coefficient (Wildman–Crippen LogP) is 4.06. The van der Waals surface area contributed by atoms with Crippen LogP contribution in [0.3, 0.4) is 0 Å². The fourth-order valence-electron chi connectivity index (χ4n) is 3.65. The lowest BCUT2D eigenvalue weighted by atomic mass is 10.0. The van der Waals surface area contributed by atoms with Crippen LogP contribution in [0.25, 0.3) is 0 Å². The molecule has 1 aromatic heterocycles. The number of fused-ring (bicyclic) bond motifs is 1. The van der Waals surface area contributed by atoms with Crippen molar-refractivity contribution in [2.24, 2.45) is 11.8 Å². The number of halogens is 1. The molecular weight excluding hydrogens is 264 g/mol. The lowest BCUT2D eigenvalue weighted by molar-refractivity contribution is 0.220. The number of hydrogen-bond donors (Lipinski definition) is 0. The number of hydrogen-bond acceptors (Lipinski definition) is 3. The van der Waals surface area contributed by atoms with Crippen molar-refractivity contribution in [2.75, 3.05) is 13.1 Å². The average molecular weight is 285 g/mol. The van der Waals surface area contributed by atoms with E-state index in [1.54, 1.807) is 11.3 Å². The molecule has 3 rings (SSSR count). The summed E-state index contributed by atoms with van der Waals surface area (Å²) in [5.74, 6) is 2.47. The lowest BCUT2D eigenvalue weighted by Crippen LogP contribution is -2.27. The van der Waals surface area contributed by atoms with Crippen LogP contribution in [-0.4, -0.2) is 23.0 Å². The SMILES string of the molecule is CCC(c1nc(CCl)cs1)N1CC2CCCC2C1. The number of rotatable bonds is 4. The Kier molecular flexibility index (Phi) is 3.92. The molecule has 3 unspecified atom stereocenters. The zero-order valence-corrected chi connectivity index (χ0v) is 12.5. The van der Waals surface area contributed by atoms with Gasteiger partial charge in [-0.3, -0.25) is 4.90 Å². The summed E-state index contributed by atoms with van der Waals surface area (Å²) in [6.07, 6.45) is 5.51. The molecule has 1 saturated carbocycles. The van der Waals surface area contributed by atoms with Crippen LogP contribution in [0.2, 0.25) is 0 Å². The molecule has 4 heteroatoms. The molecule has 100 valence electrons. The highest BCUT2D eigenvalue weighted by atomic mass is 35.5. The number of nitrogens with zero attached hydrogens (tertiary/aromatic N) is 2. The summed E-state index contributed by atoms with van der Waals surface area (Å²) < 4.78 is 0. The maximum atomic E-state index is 5.86. The van der Waals surface area contributed by atoms with Crippen LogP contribution in [0, 0.1) is 11.8 Å². The largest absolute Gasteiger partial charge is 0.293 e. The molecule has 2 fully saturated rings. The summed E-state index contributed by atoms with van der Waals surface area (Å²) in [6, 6.07) is 0.526. The first kappa shape index (κ1) is 12.9. The summed E-state index contributed by atoms with van der Waals surface area (Å²) in [5.41, 5.74) is 1.04. The zero-order chi connectivity index (χ0) is 12.5. The second kappa shape index (κ2) is 5.48. The van der Waals surface area contributed by atoms with E-state index in [0.717, 1.165) is 24.0 Å². The topological polar surface area (TPSA) is 16.1 Å². The first-order valence-corrected chi connectivity index (χ1v) is 8.47. The Labute approximate surface area is 118 Å². The molecule has 18 heavy (non-hydrogen) atoms. The monoisotopic (exact) mass is 284 g/mol. The number of alkyl halides is 1. The second-order valence-electron chi connectivity index (χ2n) is 5.64. The standard InChI is InChI=1S/C14H21ClN2S/c1-2-13(14-16-12(6-15)9-18-14)17-7-10-4-3-5-11(10)8-17/h9-11,13H,2-8H2,1H3. The first-order valence-electron chi connectivity index (χ1n) is 7.06. The predicted molar refractivity (Wildman–Crippen MR) is 77.1 cm³/mol. The van der Waals surface area contributed by atoms with E-state index in [9.17, 15) is 0 Å². The molecule has 1 aliphatic heterocycles. The van der Waals surface area contributed by atoms with E-state index in [1.807, 2.05) is 0 Å². The van der Waals surface area contributed by atoms with Gasteiger partial charge in [-0.25, -0.2) is 4.98 Å². The quantitative estimate of drug-likeness (QED) is 0.775. The Morgan fingerprint density at radius 1 is 1.44 bits per heavy atom. The molecule has 0 radical (unpaired) electrons. The number of likely N-dealkylation sites (tertiary alicyclic amines) is 1. The molecule has 1 aromatic rings. The fraction of sp³-hybridized carbons (Fsp3) is 0.786. The van der Waals surface area contributed by atoms with E-state index in [1.165, 1.54) is 37.4 Å². The van der Waals surface area contributed by atoms with Crippen LogP contribution >= 0.6 is 22.9 Å². The van der Waals surface area contributed by atoms with Crippen molar-refractivity contribution in [1.29, 1.82) is 0 Å². The van der Waals surface area contributed by atoms with Gasteiger partial charge in [0.05, 0.1) is 17.6 Å². The van der Waals surface area contributed by atoms with Crippen molar-refractivity contribution in [1.82, 2.24) is 9.88 Å². The van der Waals surface area contributed by atoms with Crippen LogP contribution in [0.5, 0.6) is 0 Å². The van der Waals surface area contributed by atoms with Gasteiger partial charge >= 0.3 is 0 Å². The van der Waals surface area contributed by atoms with Crippen LogP contribution in [0.1, 0.15) is 49.4 Å². The molecule has 2 nitrogen and oxygen atoms in total. The van der Waals surface area contributed by atoms with Crippen LogP contribution in [0.15, 0.2) is 5.38 Å². The maximum absolute atomic E-state index is 5.86. The van der Waals surface area contributed by atoms with Crippen molar-refractivity contribution in [3.8, 4) is 0 Å². The Morgan fingerprint density at radius 2 is 2.17 bits per heavy atom. The Bertz CT molecular complexity index is 394. The normalized spacial score (nSPS) is 29.7. The van der Waals surface area contributed by atoms with Crippen molar-refractivity contribution in [3.05, 3.63) is 16.1 Å². The Balaban J connectivity index is 1.72. The van der Waals surface area contributed by atoms with Gasteiger partial charge < -0.3 is 0 Å². The van der Waals surface area contributed by atoms with E-state index < -0.39 is 0 Å². The molecule has 2 heterocycles. The molecule has 0 bridgehead atoms. The molecule has 0 aromatic carbocycles. The molecule has 1 aliphatic carbocycles. The minimum atomic E-state index is 0.526. The van der Waals surface area contributed by atoms with Crippen LogP contribution < -0.4 is 0 Å². The molecular formula is C14H21ClN2S. The Morgan fingerprint density at radius 3 is 2.72 bits per heavy atom. The molecule has 3 atom stereocenters. The number of thiazole rings is 1. The van der Waals surface area contributed by atoms with Crippen molar-refractivity contribution < 1.29 is 0 Å². The third-order valence-electron chi connectivity index (χ3n) is 4.57. The van der Waals surface area contributed by atoms with Gasteiger partial charge in [-0.1, -0.05) is 13.3 Å². The van der Waals surface area contributed by atoms with Gasteiger partial charge in [0.2, 0.25) is 0 Å². The zero-order valence-electron chi connectivity index (χ0n) is 10.9. The van der Waals surface area contributed by atoms with Gasteiger partial charge in [0, 0.05) is 18.5 Å². The second-order valence-corrected chi connectivity index (χ2v) is 6.80. The van der Waals surface area contributed by atoms with Crippen molar-refractivity contribution >= 4 is 22.9 Å². The lowest BCUT2D eigenvalue weighted by Gasteiger charge is -2.25. The average Bonchev–Trinajstić information content (AvgIpc) is 3.04. The van der Waals surface area contributed by atoms with E-state index >= 15 is 0 Å². The van der Waals surface area contributed by atoms with Gasteiger partial charge in [0.1, 0.15) is 5.01 Å². The minimum absolute atomic E-state index is 0.526. The van der Waals surface area contributed by atoms with Gasteiger partial charge in [-0.05, 0) is 31.1 Å². The van der Waals surface area contributed by atoms with E-state index in [-0.39, 0.29) is 0 Å². The fourth-order valence-corrected chi connectivity index (χ4v) is 4.92. The van der Waals surface area contributed by atoms with E-state index in [4.69, 9.17) is 11.6 Å². The molecule has 1 saturated heterocycles. The highest BCUT2D eigenvalue weighted by Gasteiger charge is 2.39. The molecule has 0 N–H and O–H groups in total. The minimum Gasteiger partial charge on any atom is -0.293 e. The molecule has 0 spiro atoms. The molecule has 0 amide bonds. The van der Waals surface area contributed by atoms with E-state index in [0.29, 0.717) is 11.9 Å². The summed E-state index contributed by atoms with van der Waals surface area (Å²) in [7, 11) is 0. The van der Waals surface area contributed by atoms with Crippen molar-refractivity contribution in [3.63, 3.8) is 0 Å². The maximum Gasteiger partial charge on any atom is 0.110 e. The number of aromatic nitrogens is 1. The third kappa shape index (κ3) is 2.33. The summed E-state index contributed by atoms with van der Waals surface area (Å²) in [4.78, 5) is 7.36. The third-order valence-corrected chi connectivity index (χ3v) is 5.84. The Hall–Kier alpha value is -0.120.